The number of pyridine rings is 1. The van der Waals surface area contributed by atoms with Crippen molar-refractivity contribution in [1.82, 2.24) is 9.88 Å². The van der Waals surface area contributed by atoms with Gasteiger partial charge in [0, 0.05) is 30.4 Å². The average molecular weight is 541 g/mol. The van der Waals surface area contributed by atoms with Crippen molar-refractivity contribution in [2.24, 2.45) is 0 Å². The van der Waals surface area contributed by atoms with E-state index in [1.807, 2.05) is 24.3 Å². The number of rotatable bonds is 9. The van der Waals surface area contributed by atoms with Gasteiger partial charge < -0.3 is 9.47 Å². The van der Waals surface area contributed by atoms with E-state index in [9.17, 15) is 8.92 Å². The molecule has 1 fully saturated rings. The van der Waals surface area contributed by atoms with Crippen LogP contribution in [0, 0.1) is 0 Å². The molecule has 1 aliphatic heterocycles. The molecular weight excluding hydrogens is 510 g/mol. The maximum absolute atomic E-state index is 13.0. The molecular formula is C30H31ClF2N2O3. The molecule has 0 amide bonds. The third-order valence-corrected chi connectivity index (χ3v) is 7.51. The number of benzene rings is 2. The summed E-state index contributed by atoms with van der Waals surface area (Å²) in [6, 6.07) is 15.3. The highest BCUT2D eigenvalue weighted by Crippen LogP contribution is 2.42. The number of hydrogen-bond donors (Lipinski definition) is 0. The minimum atomic E-state index is -0.286. The molecule has 0 bridgehead atoms. The van der Waals surface area contributed by atoms with Crippen molar-refractivity contribution in [2.75, 3.05) is 33.4 Å². The molecule has 0 saturated carbocycles. The zero-order valence-electron chi connectivity index (χ0n) is 21.4. The molecule has 1 aromatic heterocycles. The minimum Gasteiger partial charge on any atom is -0.489 e. The Morgan fingerprint density at radius 1 is 1.05 bits per heavy atom. The molecule has 0 radical (unpaired) electrons. The lowest BCUT2D eigenvalue weighted by molar-refractivity contribution is -0.00629. The number of aromatic nitrogens is 1. The first kappa shape index (κ1) is 26.4. The normalized spacial score (nSPS) is 17.7. The lowest BCUT2D eigenvalue weighted by Gasteiger charge is -2.19. The Bertz CT molecular complexity index is 1300. The molecule has 0 unspecified atom stereocenters. The Morgan fingerprint density at radius 3 is 2.61 bits per heavy atom. The molecule has 2 aliphatic rings. The van der Waals surface area contributed by atoms with Gasteiger partial charge in [0.2, 0.25) is 5.88 Å². The van der Waals surface area contributed by atoms with E-state index in [0.717, 1.165) is 84.5 Å². The first-order valence-corrected chi connectivity index (χ1v) is 13.4. The Balaban J connectivity index is 1.49. The van der Waals surface area contributed by atoms with Crippen molar-refractivity contribution in [1.29, 1.82) is 0 Å². The largest absolute Gasteiger partial charge is 0.489 e. The summed E-state index contributed by atoms with van der Waals surface area (Å²) >= 11 is 6.46. The van der Waals surface area contributed by atoms with Crippen LogP contribution < -0.4 is 14.4 Å². The Labute approximate surface area is 226 Å². The van der Waals surface area contributed by atoms with E-state index in [1.165, 1.54) is 0 Å². The standard InChI is InChI=1S/C30H31ClF2N2O3/c1-36-30-28(31)17-22(18-34-30)26-5-2-4-21-16-24(38-33)10-11-27(21)29(26)20-6-8-23(9-7-20)37-25-12-15-35(19-25)14-3-13-32/h6-11,16-18,25H,2-5,12-15,19H2,1H3/t25-/m0/s1. The molecule has 38 heavy (non-hydrogen) atoms. The van der Waals surface area contributed by atoms with Crippen LogP contribution in [0.5, 0.6) is 17.4 Å². The number of alkyl halides is 1. The first-order valence-electron chi connectivity index (χ1n) is 13.0. The summed E-state index contributed by atoms with van der Waals surface area (Å²) in [5.41, 5.74) is 6.16. The van der Waals surface area contributed by atoms with Gasteiger partial charge in [-0.1, -0.05) is 29.8 Å². The van der Waals surface area contributed by atoms with Crippen LogP contribution in [-0.2, 0) is 6.42 Å². The second kappa shape index (κ2) is 12.1. The van der Waals surface area contributed by atoms with Crippen LogP contribution >= 0.6 is 11.6 Å². The first-order chi connectivity index (χ1) is 18.6. The summed E-state index contributed by atoms with van der Waals surface area (Å²) in [6.07, 6.45) is 5.85. The SMILES string of the molecule is COc1ncc(C2=C(c3ccc(O[C@H]4CCN(CCCF)C4)cc3)c3ccc(OF)cc3CCC2)cc1Cl. The van der Waals surface area contributed by atoms with Gasteiger partial charge in [0.1, 0.15) is 16.9 Å². The van der Waals surface area contributed by atoms with Crippen molar-refractivity contribution in [2.45, 2.75) is 38.2 Å². The van der Waals surface area contributed by atoms with E-state index >= 15 is 0 Å². The third-order valence-electron chi connectivity index (χ3n) is 7.24. The summed E-state index contributed by atoms with van der Waals surface area (Å²) in [5, 5.41) is 0.448. The highest BCUT2D eigenvalue weighted by atomic mass is 35.5. The number of hydrogen-bond acceptors (Lipinski definition) is 5. The minimum absolute atomic E-state index is 0.0977. The van der Waals surface area contributed by atoms with Crippen LogP contribution in [0.4, 0.5) is 8.92 Å². The monoisotopic (exact) mass is 540 g/mol. The highest BCUT2D eigenvalue weighted by molar-refractivity contribution is 6.32. The van der Waals surface area contributed by atoms with Crippen LogP contribution in [0.2, 0.25) is 5.02 Å². The van der Waals surface area contributed by atoms with Gasteiger partial charge in [0.15, 0.2) is 5.75 Å². The summed E-state index contributed by atoms with van der Waals surface area (Å²) in [4.78, 5) is 10.7. The zero-order chi connectivity index (χ0) is 26.5. The molecule has 1 aliphatic carbocycles. The second-order valence-electron chi connectivity index (χ2n) is 9.71. The quantitative estimate of drug-likeness (QED) is 0.289. The predicted molar refractivity (Wildman–Crippen MR) is 145 cm³/mol. The molecule has 0 spiro atoms. The highest BCUT2D eigenvalue weighted by Gasteiger charge is 2.25. The van der Waals surface area contributed by atoms with Gasteiger partial charge in [-0.3, -0.25) is 14.2 Å². The molecule has 200 valence electrons. The molecule has 5 nitrogen and oxygen atoms in total. The van der Waals surface area contributed by atoms with Crippen LogP contribution in [0.3, 0.4) is 0 Å². The van der Waals surface area contributed by atoms with Gasteiger partial charge >= 0.3 is 0 Å². The summed E-state index contributed by atoms with van der Waals surface area (Å²) in [6.45, 7) is 2.23. The Kier molecular flexibility index (Phi) is 8.45. The van der Waals surface area contributed by atoms with Crippen molar-refractivity contribution >= 4 is 22.7 Å². The molecule has 3 aromatic rings. The lowest BCUT2D eigenvalue weighted by Crippen LogP contribution is -2.26. The van der Waals surface area contributed by atoms with E-state index in [2.05, 4.69) is 27.0 Å². The fourth-order valence-corrected chi connectivity index (χ4v) is 5.69. The maximum atomic E-state index is 13.0. The van der Waals surface area contributed by atoms with E-state index in [4.69, 9.17) is 21.1 Å². The van der Waals surface area contributed by atoms with Crippen LogP contribution in [0.1, 0.15) is 47.9 Å². The van der Waals surface area contributed by atoms with Crippen molar-refractivity contribution in [3.63, 3.8) is 0 Å². The number of ether oxygens (including phenoxy) is 2. The van der Waals surface area contributed by atoms with Gasteiger partial charge in [-0.2, -0.15) is 0 Å². The molecule has 8 heteroatoms. The van der Waals surface area contributed by atoms with E-state index in [0.29, 0.717) is 17.3 Å². The zero-order valence-corrected chi connectivity index (χ0v) is 22.1. The third kappa shape index (κ3) is 5.79. The van der Waals surface area contributed by atoms with Gasteiger partial charge in [0.05, 0.1) is 13.8 Å². The van der Waals surface area contributed by atoms with Crippen LogP contribution in [-0.4, -0.2) is 49.4 Å². The molecule has 1 atom stereocenters. The molecule has 2 heterocycles. The number of allylic oxidation sites excluding steroid dienone is 1. The molecule has 2 aromatic carbocycles. The Morgan fingerprint density at radius 2 is 1.87 bits per heavy atom. The van der Waals surface area contributed by atoms with E-state index in [1.54, 1.807) is 25.4 Å². The number of methoxy groups -OCH3 is 1. The number of halogens is 3. The molecule has 1 saturated heterocycles. The van der Waals surface area contributed by atoms with Crippen molar-refractivity contribution in [3.05, 3.63) is 82.0 Å². The maximum Gasteiger partial charge on any atom is 0.232 e. The van der Waals surface area contributed by atoms with E-state index in [-0.39, 0.29) is 18.5 Å². The van der Waals surface area contributed by atoms with Crippen molar-refractivity contribution in [3.8, 4) is 17.4 Å². The van der Waals surface area contributed by atoms with Crippen LogP contribution in [0.25, 0.3) is 11.1 Å². The van der Waals surface area contributed by atoms with Gasteiger partial charge in [-0.25, -0.2) is 4.98 Å². The van der Waals surface area contributed by atoms with Gasteiger partial charge in [-0.15, -0.1) is 0 Å². The number of likely N-dealkylation sites (tertiary alicyclic amines) is 1. The summed E-state index contributed by atoms with van der Waals surface area (Å²) in [5.74, 6) is 1.38. The molecule has 0 N–H and O–H groups in total. The average Bonchev–Trinajstić information content (AvgIpc) is 3.30. The molecule has 5 rings (SSSR count). The summed E-state index contributed by atoms with van der Waals surface area (Å²) in [7, 11) is 1.54. The second-order valence-corrected chi connectivity index (χ2v) is 10.1. The predicted octanol–water partition coefficient (Wildman–Crippen LogP) is 7.12. The smallest absolute Gasteiger partial charge is 0.232 e. The number of nitrogens with zero attached hydrogens (tertiary/aromatic N) is 2. The fourth-order valence-electron chi connectivity index (χ4n) is 5.44. The lowest BCUT2D eigenvalue weighted by atomic mass is 9.88. The van der Waals surface area contributed by atoms with Gasteiger partial charge in [-0.05, 0) is 95.8 Å². The Hall–Kier alpha value is -3.16. The van der Waals surface area contributed by atoms with Crippen LogP contribution in [0.15, 0.2) is 54.7 Å². The number of aryl methyl sites for hydroxylation is 1. The summed E-state index contributed by atoms with van der Waals surface area (Å²) < 4.78 is 37.0. The van der Waals surface area contributed by atoms with E-state index < -0.39 is 0 Å². The topological polar surface area (TPSA) is 43.8 Å². The fraction of sp³-hybridized carbons (Fsp3) is 0.367. The number of fused-ring (bicyclic) bond motifs is 1. The van der Waals surface area contributed by atoms with Crippen molar-refractivity contribution < 1.29 is 23.3 Å². The van der Waals surface area contributed by atoms with Gasteiger partial charge in [0.25, 0.3) is 0 Å².